The molecule has 0 aliphatic carbocycles. The first-order chi connectivity index (χ1) is 17.0. The summed E-state index contributed by atoms with van der Waals surface area (Å²) in [4.78, 5) is 38.9. The minimum atomic E-state index is -0.830. The molecule has 3 aromatic heterocycles. The van der Waals surface area contributed by atoms with Gasteiger partial charge in [0, 0.05) is 12.7 Å². The van der Waals surface area contributed by atoms with Crippen LogP contribution in [-0.4, -0.2) is 53.9 Å². The molecule has 1 saturated heterocycles. The summed E-state index contributed by atoms with van der Waals surface area (Å²) in [6.45, 7) is 2.20. The molecule has 1 aliphatic rings. The highest BCUT2D eigenvalue weighted by Crippen LogP contribution is 2.34. The lowest BCUT2D eigenvalue weighted by Gasteiger charge is -2.24. The van der Waals surface area contributed by atoms with Crippen molar-refractivity contribution in [2.24, 2.45) is 0 Å². The number of hydrogen-bond acceptors (Lipinski definition) is 6. The van der Waals surface area contributed by atoms with Crippen molar-refractivity contribution in [2.75, 3.05) is 6.54 Å². The molecule has 0 spiro atoms. The summed E-state index contributed by atoms with van der Waals surface area (Å²) in [5, 5.41) is 13.8. The topological polar surface area (TPSA) is 121 Å². The van der Waals surface area contributed by atoms with E-state index in [2.05, 4.69) is 26.1 Å². The molecule has 0 bridgehead atoms. The number of nitriles is 1. The fraction of sp³-hybridized carbons (Fsp3) is 0.200. The second kappa shape index (κ2) is 8.95. The number of halogens is 1. The summed E-state index contributed by atoms with van der Waals surface area (Å²) in [6, 6.07) is 11.1. The Morgan fingerprint density at radius 2 is 2.09 bits per heavy atom. The number of fused-ring (bicyclic) bond motifs is 1. The molecule has 1 fully saturated rings. The molecular formula is C25H20FN7O2. The maximum atomic E-state index is 14.8. The number of allylic oxidation sites excluding steroid dienone is 1. The second-order valence-electron chi connectivity index (χ2n) is 8.10. The van der Waals surface area contributed by atoms with Gasteiger partial charge in [-0.2, -0.15) is 10.4 Å². The molecular weight excluding hydrogens is 449 g/mol. The first kappa shape index (κ1) is 22.2. The Bertz CT molecular complexity index is 1500. The van der Waals surface area contributed by atoms with Crippen LogP contribution in [0.25, 0.3) is 22.3 Å². The first-order valence-electron chi connectivity index (χ1n) is 11.1. The van der Waals surface area contributed by atoms with Crippen molar-refractivity contribution < 1.29 is 14.0 Å². The molecule has 1 atom stereocenters. The van der Waals surface area contributed by atoms with Crippen molar-refractivity contribution in [3.8, 4) is 11.9 Å². The summed E-state index contributed by atoms with van der Waals surface area (Å²) >= 11 is 0. The number of aromatic amines is 1. The number of nitrogens with one attached hydrogen (secondary N) is 1. The van der Waals surface area contributed by atoms with E-state index in [0.29, 0.717) is 25.0 Å². The van der Waals surface area contributed by atoms with Crippen LogP contribution in [0.4, 0.5) is 4.39 Å². The third kappa shape index (κ3) is 3.67. The number of hydrogen-bond donors (Lipinski definition) is 1. The van der Waals surface area contributed by atoms with E-state index in [1.807, 2.05) is 37.3 Å². The lowest BCUT2D eigenvalue weighted by atomic mass is 9.94. The summed E-state index contributed by atoms with van der Waals surface area (Å²) in [5.74, 6) is -2.05. The molecule has 10 heteroatoms. The minimum absolute atomic E-state index is 0.0335. The van der Waals surface area contributed by atoms with Crippen molar-refractivity contribution in [3.63, 3.8) is 0 Å². The van der Waals surface area contributed by atoms with E-state index >= 15 is 0 Å². The summed E-state index contributed by atoms with van der Waals surface area (Å²) in [7, 11) is 0. The quantitative estimate of drug-likeness (QED) is 0.272. The van der Waals surface area contributed by atoms with Gasteiger partial charge in [0.25, 0.3) is 11.7 Å². The van der Waals surface area contributed by atoms with Gasteiger partial charge < -0.3 is 9.88 Å². The molecule has 1 unspecified atom stereocenters. The number of likely N-dealkylation sites (tertiary alicyclic amines) is 1. The minimum Gasteiger partial charge on any atom is -0.357 e. The van der Waals surface area contributed by atoms with Crippen LogP contribution in [0.2, 0.25) is 0 Å². The predicted octanol–water partition coefficient (Wildman–Crippen LogP) is 3.45. The van der Waals surface area contributed by atoms with Crippen LogP contribution in [0.15, 0.2) is 61.0 Å². The molecule has 1 amide bonds. The second-order valence-corrected chi connectivity index (χ2v) is 8.10. The van der Waals surface area contributed by atoms with Crippen molar-refractivity contribution >= 4 is 28.2 Å². The van der Waals surface area contributed by atoms with Gasteiger partial charge in [0.05, 0.1) is 40.3 Å². The van der Waals surface area contributed by atoms with Gasteiger partial charge in [-0.15, -0.1) is 0 Å². The number of Topliss-reactive ketones (excluding diaryl/α,β-unsaturated/α-hetero) is 1. The average Bonchev–Trinajstić information content (AvgIpc) is 3.65. The number of carbonyl (C=O) groups excluding carboxylic acids is 2. The highest BCUT2D eigenvalue weighted by atomic mass is 19.1. The summed E-state index contributed by atoms with van der Waals surface area (Å²) < 4.78 is 16.1. The number of nitrogens with zero attached hydrogens (tertiary/aromatic N) is 6. The summed E-state index contributed by atoms with van der Waals surface area (Å²) in [6.07, 6.45) is 6.03. The molecule has 1 N–H and O–H groups in total. The largest absolute Gasteiger partial charge is 0.357 e. The maximum absolute atomic E-state index is 14.8. The van der Waals surface area contributed by atoms with Gasteiger partial charge in [0.1, 0.15) is 12.7 Å². The van der Waals surface area contributed by atoms with Crippen LogP contribution < -0.4 is 0 Å². The van der Waals surface area contributed by atoms with Crippen LogP contribution >= 0.6 is 0 Å². The van der Waals surface area contributed by atoms with E-state index in [1.165, 1.54) is 28.4 Å². The highest BCUT2D eigenvalue weighted by Gasteiger charge is 2.37. The van der Waals surface area contributed by atoms with Gasteiger partial charge in [-0.05, 0) is 24.0 Å². The van der Waals surface area contributed by atoms with E-state index < -0.39 is 23.5 Å². The van der Waals surface area contributed by atoms with Gasteiger partial charge in [0.15, 0.2) is 11.6 Å². The number of pyridine rings is 1. The third-order valence-corrected chi connectivity index (χ3v) is 6.26. The van der Waals surface area contributed by atoms with Crippen LogP contribution in [0.1, 0.15) is 35.7 Å². The SMILES string of the molecule is CCC1/C(=C(/C#N)c2ccccc2)CCN1C(=O)C(=O)c1c[nH]c2c(-n3cncn3)ncc(F)c12. The number of benzene rings is 1. The van der Waals surface area contributed by atoms with Crippen LogP contribution in [0, 0.1) is 17.1 Å². The smallest absolute Gasteiger partial charge is 0.295 e. The van der Waals surface area contributed by atoms with Gasteiger partial charge in [-0.1, -0.05) is 37.3 Å². The molecule has 9 nitrogen and oxygen atoms in total. The van der Waals surface area contributed by atoms with E-state index in [-0.39, 0.29) is 22.3 Å². The molecule has 174 valence electrons. The zero-order chi connectivity index (χ0) is 24.5. The van der Waals surface area contributed by atoms with Gasteiger partial charge >= 0.3 is 0 Å². The number of aromatic nitrogens is 5. The van der Waals surface area contributed by atoms with Crippen molar-refractivity contribution in [2.45, 2.75) is 25.8 Å². The van der Waals surface area contributed by atoms with E-state index in [0.717, 1.165) is 17.3 Å². The van der Waals surface area contributed by atoms with Crippen LogP contribution in [0.3, 0.4) is 0 Å². The summed E-state index contributed by atoms with van der Waals surface area (Å²) in [5.41, 5.74) is 2.27. The predicted molar refractivity (Wildman–Crippen MR) is 125 cm³/mol. The van der Waals surface area contributed by atoms with E-state index in [4.69, 9.17) is 0 Å². The highest BCUT2D eigenvalue weighted by molar-refractivity contribution is 6.45. The van der Waals surface area contributed by atoms with E-state index in [1.54, 1.807) is 0 Å². The Balaban J connectivity index is 1.51. The monoisotopic (exact) mass is 469 g/mol. The van der Waals surface area contributed by atoms with Crippen LogP contribution in [-0.2, 0) is 4.79 Å². The van der Waals surface area contributed by atoms with Gasteiger partial charge in [-0.25, -0.2) is 19.0 Å². The number of ketones is 1. The molecule has 0 saturated carbocycles. The van der Waals surface area contributed by atoms with Crippen molar-refractivity contribution in [3.05, 3.63) is 77.9 Å². The Hall–Kier alpha value is -4.65. The molecule has 1 aromatic carbocycles. The number of H-pyrrole nitrogens is 1. The zero-order valence-corrected chi connectivity index (χ0v) is 18.8. The number of amides is 1. The standard InChI is InChI=1S/C25H20FN7O2/c1-2-20-16(17(10-27)15-6-4-3-5-7-15)8-9-32(20)25(35)23(34)18-11-29-22-21(18)19(26)12-30-24(22)33-14-28-13-31-33/h3-7,11-14,20,29H,2,8-9H2,1H3/b17-16-. The van der Waals surface area contributed by atoms with Crippen LogP contribution in [0.5, 0.6) is 0 Å². The average molecular weight is 469 g/mol. The molecule has 4 heterocycles. The lowest BCUT2D eigenvalue weighted by molar-refractivity contribution is -0.126. The number of rotatable bonds is 5. The molecule has 0 radical (unpaired) electrons. The van der Waals surface area contributed by atoms with E-state index in [9.17, 15) is 19.2 Å². The molecule has 35 heavy (non-hydrogen) atoms. The van der Waals surface area contributed by atoms with Crippen molar-refractivity contribution in [1.29, 1.82) is 5.26 Å². The van der Waals surface area contributed by atoms with Gasteiger partial charge in [0.2, 0.25) is 0 Å². The zero-order valence-electron chi connectivity index (χ0n) is 18.8. The molecule has 1 aliphatic heterocycles. The Morgan fingerprint density at radius 1 is 1.29 bits per heavy atom. The third-order valence-electron chi connectivity index (χ3n) is 6.26. The Labute approximate surface area is 199 Å². The fourth-order valence-corrected chi connectivity index (χ4v) is 4.69. The first-order valence-corrected chi connectivity index (χ1v) is 11.1. The Kier molecular flexibility index (Phi) is 5.66. The molecule has 4 aromatic rings. The lowest BCUT2D eigenvalue weighted by Crippen LogP contribution is -2.40. The maximum Gasteiger partial charge on any atom is 0.295 e. The molecule has 5 rings (SSSR count). The normalized spacial score (nSPS) is 16.9. The Morgan fingerprint density at radius 3 is 2.77 bits per heavy atom. The van der Waals surface area contributed by atoms with Crippen molar-refractivity contribution in [1.82, 2.24) is 29.6 Å². The van der Waals surface area contributed by atoms with Gasteiger partial charge in [-0.3, -0.25) is 9.59 Å². The number of carbonyl (C=O) groups is 2. The fourth-order valence-electron chi connectivity index (χ4n) is 4.69.